The molecule has 226 valence electrons. The van der Waals surface area contributed by atoms with Crippen molar-refractivity contribution in [1.29, 1.82) is 0 Å². The summed E-state index contributed by atoms with van der Waals surface area (Å²) < 4.78 is 22.9. The van der Waals surface area contributed by atoms with Crippen LogP contribution in [0.3, 0.4) is 0 Å². The first-order chi connectivity index (χ1) is 18.8. The highest BCUT2D eigenvalue weighted by Crippen LogP contribution is 2.54. The molecule has 2 heterocycles. The smallest absolute Gasteiger partial charge is 0.340 e. The van der Waals surface area contributed by atoms with Crippen molar-refractivity contribution in [2.75, 3.05) is 6.61 Å². The van der Waals surface area contributed by atoms with Crippen LogP contribution in [0.2, 0.25) is 36.3 Å². The summed E-state index contributed by atoms with van der Waals surface area (Å²) in [6.07, 6.45) is 2.91. The maximum Gasteiger partial charge on any atom is 0.340 e. The largest absolute Gasteiger partial charge is 0.414 e. The molecule has 1 saturated heterocycles. The van der Waals surface area contributed by atoms with Crippen molar-refractivity contribution in [2.24, 2.45) is 5.92 Å². The fourth-order valence-electron chi connectivity index (χ4n) is 4.90. The molecule has 0 bridgehead atoms. The molecule has 0 spiro atoms. The molecule has 1 aromatic heterocycles. The summed E-state index contributed by atoms with van der Waals surface area (Å²) in [7, 11) is -4.36. The Balaban J connectivity index is 1.77. The van der Waals surface area contributed by atoms with Gasteiger partial charge in [-0.25, -0.2) is 4.79 Å². The molecule has 41 heavy (non-hydrogen) atoms. The summed E-state index contributed by atoms with van der Waals surface area (Å²) in [6, 6.07) is 9.64. The highest BCUT2D eigenvalue weighted by molar-refractivity contribution is 6.74. The summed E-state index contributed by atoms with van der Waals surface area (Å²) in [5, 5.41) is 0.00258. The first-order valence-electron chi connectivity index (χ1n) is 14.7. The van der Waals surface area contributed by atoms with Gasteiger partial charge >= 0.3 is 5.69 Å². The van der Waals surface area contributed by atoms with Crippen LogP contribution in [0.1, 0.15) is 77.4 Å². The molecule has 2 fully saturated rings. The van der Waals surface area contributed by atoms with Crippen LogP contribution in [0.25, 0.3) is 0 Å². The number of hydrogen-bond acceptors (Lipinski definition) is 6. The Morgan fingerprint density at radius 1 is 0.951 bits per heavy atom. The quantitative estimate of drug-likeness (QED) is 0.336. The van der Waals surface area contributed by atoms with Gasteiger partial charge in [0.1, 0.15) is 11.8 Å². The zero-order chi connectivity index (χ0) is 30.6. The lowest BCUT2D eigenvalue weighted by atomic mass is 9.92. The maximum atomic E-state index is 13.8. The van der Waals surface area contributed by atoms with E-state index in [1.807, 2.05) is 0 Å². The van der Waals surface area contributed by atoms with Crippen LogP contribution in [-0.4, -0.2) is 50.0 Å². The number of rotatable bonds is 8. The van der Waals surface area contributed by atoms with Crippen LogP contribution in [0.5, 0.6) is 0 Å². The summed E-state index contributed by atoms with van der Waals surface area (Å²) >= 11 is 0. The molecule has 4 rings (SSSR count). The van der Waals surface area contributed by atoms with Gasteiger partial charge in [0, 0.05) is 24.2 Å². The minimum atomic E-state index is -2.24. The summed E-state index contributed by atoms with van der Waals surface area (Å²) in [5.74, 6) is -0.406. The van der Waals surface area contributed by atoms with Gasteiger partial charge in [-0.3, -0.25) is 14.2 Å². The molecular formula is C31H48N2O6Si2. The first-order valence-corrected chi connectivity index (χ1v) is 20.6. The molecule has 0 amide bonds. The average Bonchev–Trinajstić information content (AvgIpc) is 3.65. The number of carbonyl (C=O) groups is 1. The predicted molar refractivity (Wildman–Crippen MR) is 167 cm³/mol. The molecule has 0 N–H and O–H groups in total. The molecule has 3 atom stereocenters. The minimum Gasteiger partial charge on any atom is -0.414 e. The van der Waals surface area contributed by atoms with Gasteiger partial charge in [-0.05, 0) is 67.2 Å². The molecular weight excluding hydrogens is 553 g/mol. The average molecular weight is 601 g/mol. The third-order valence-electron chi connectivity index (χ3n) is 9.84. The highest BCUT2D eigenvalue weighted by atomic mass is 28.4. The van der Waals surface area contributed by atoms with Crippen molar-refractivity contribution < 1.29 is 18.4 Å². The zero-order valence-corrected chi connectivity index (χ0v) is 28.4. The number of benzene rings is 1. The lowest BCUT2D eigenvalue weighted by Gasteiger charge is -2.45. The molecule has 1 saturated carbocycles. The summed E-state index contributed by atoms with van der Waals surface area (Å²) in [6.45, 7) is 22.6. The zero-order valence-electron chi connectivity index (χ0n) is 26.4. The van der Waals surface area contributed by atoms with Crippen molar-refractivity contribution in [2.45, 2.75) is 115 Å². The third kappa shape index (κ3) is 6.17. The second-order valence-electron chi connectivity index (χ2n) is 14.8. The summed E-state index contributed by atoms with van der Waals surface area (Å²) in [5.41, 5.74) is -1.83. The number of nitrogens with zero attached hydrogens (tertiary/aromatic N) is 2. The normalized spacial score (nSPS) is 24.0. The Morgan fingerprint density at radius 3 is 2.07 bits per heavy atom. The molecule has 10 heteroatoms. The van der Waals surface area contributed by atoms with Crippen LogP contribution in [0, 0.1) is 5.92 Å². The standard InChI is InChI=1S/C31H48N2O6Si2/c1-29(2,3)40(7,8)37-21-31(23-16-17-23)24(39-41(9,10)30(4,5)6)20-26(38-31)32-19-18-25(34)33(28(32)36)27(35)22-14-12-11-13-15-22/h11-15,18-19,23-24,26H,16-17,20-21H2,1-10H3/t24-,26+,31-/m0/s1. The van der Waals surface area contributed by atoms with Gasteiger partial charge in [0.25, 0.3) is 11.5 Å². The monoisotopic (exact) mass is 600 g/mol. The molecule has 2 aliphatic rings. The Kier molecular flexibility index (Phi) is 8.43. The first kappa shape index (κ1) is 31.8. The second-order valence-corrected chi connectivity index (χ2v) is 24.4. The summed E-state index contributed by atoms with van der Waals surface area (Å²) in [4.78, 5) is 39.8. The van der Waals surface area contributed by atoms with E-state index in [-0.39, 0.29) is 27.7 Å². The van der Waals surface area contributed by atoms with Crippen LogP contribution >= 0.6 is 0 Å². The molecule has 1 aliphatic carbocycles. The number of ether oxygens (including phenoxy) is 1. The number of aromatic nitrogens is 2. The maximum absolute atomic E-state index is 13.8. The number of hydrogen-bond donors (Lipinski definition) is 0. The van der Waals surface area contributed by atoms with E-state index in [4.69, 9.17) is 13.6 Å². The Labute approximate surface area is 246 Å². The van der Waals surface area contributed by atoms with Gasteiger partial charge in [0.05, 0.1) is 12.7 Å². The SMILES string of the molecule is CC(C)(C)[Si](C)(C)OC[C@@]1(C2CC2)O[C@@H](n2ccc(=O)n(C(=O)c3ccccc3)c2=O)C[C@@H]1O[Si](C)(C)C(C)(C)C. The molecule has 0 radical (unpaired) electrons. The fourth-order valence-corrected chi connectivity index (χ4v) is 7.28. The Bertz CT molecular complexity index is 1380. The molecule has 8 nitrogen and oxygen atoms in total. The third-order valence-corrected chi connectivity index (χ3v) is 18.8. The van der Waals surface area contributed by atoms with E-state index in [0.29, 0.717) is 17.6 Å². The van der Waals surface area contributed by atoms with E-state index in [1.165, 1.54) is 16.8 Å². The van der Waals surface area contributed by atoms with Crippen molar-refractivity contribution in [3.8, 4) is 0 Å². The van der Waals surface area contributed by atoms with E-state index in [9.17, 15) is 14.4 Å². The highest BCUT2D eigenvalue weighted by Gasteiger charge is 2.61. The van der Waals surface area contributed by atoms with E-state index < -0.39 is 45.6 Å². The van der Waals surface area contributed by atoms with Crippen molar-refractivity contribution in [3.63, 3.8) is 0 Å². The van der Waals surface area contributed by atoms with Crippen molar-refractivity contribution >= 4 is 22.5 Å². The van der Waals surface area contributed by atoms with Crippen molar-refractivity contribution in [3.05, 3.63) is 69.0 Å². The van der Waals surface area contributed by atoms with Crippen LogP contribution in [0.15, 0.2) is 52.2 Å². The van der Waals surface area contributed by atoms with Gasteiger partial charge in [-0.15, -0.1) is 0 Å². The van der Waals surface area contributed by atoms with Gasteiger partial charge < -0.3 is 13.6 Å². The molecule has 2 aromatic rings. The van der Waals surface area contributed by atoms with E-state index in [0.717, 1.165) is 12.8 Å². The lowest BCUT2D eigenvalue weighted by Crippen LogP contribution is -2.56. The van der Waals surface area contributed by atoms with Gasteiger partial charge in [0.2, 0.25) is 0 Å². The fraction of sp³-hybridized carbons (Fsp3) is 0.645. The van der Waals surface area contributed by atoms with Gasteiger partial charge in [-0.2, -0.15) is 4.57 Å². The molecule has 1 aromatic carbocycles. The molecule has 1 aliphatic heterocycles. The minimum absolute atomic E-state index is 0.0210. The Hall–Kier alpha value is -2.12. The van der Waals surface area contributed by atoms with E-state index in [2.05, 4.69) is 67.7 Å². The lowest BCUT2D eigenvalue weighted by molar-refractivity contribution is -0.136. The topological polar surface area (TPSA) is 88.8 Å². The van der Waals surface area contributed by atoms with E-state index >= 15 is 0 Å². The number of carbonyl (C=O) groups excluding carboxylic acids is 1. The molecule has 0 unspecified atom stereocenters. The second kappa shape index (κ2) is 10.9. The van der Waals surface area contributed by atoms with Gasteiger partial charge in [-0.1, -0.05) is 59.7 Å². The van der Waals surface area contributed by atoms with Gasteiger partial charge in [0.15, 0.2) is 16.6 Å². The van der Waals surface area contributed by atoms with E-state index in [1.54, 1.807) is 30.3 Å². The Morgan fingerprint density at radius 2 is 1.54 bits per heavy atom. The van der Waals surface area contributed by atoms with Crippen LogP contribution < -0.4 is 11.2 Å². The van der Waals surface area contributed by atoms with Crippen LogP contribution in [0.4, 0.5) is 0 Å². The van der Waals surface area contributed by atoms with Crippen LogP contribution in [-0.2, 0) is 13.6 Å². The predicted octanol–water partition coefficient (Wildman–Crippen LogP) is 6.18. The van der Waals surface area contributed by atoms with Crippen molar-refractivity contribution in [1.82, 2.24) is 9.13 Å².